The number of benzene rings is 2. The summed E-state index contributed by atoms with van der Waals surface area (Å²) in [6, 6.07) is 14.2. The zero-order chi connectivity index (χ0) is 15.2. The quantitative estimate of drug-likeness (QED) is 0.858. The molecule has 2 aromatic carbocycles. The molecule has 1 amide bonds. The Hall–Kier alpha value is -1.58. The fourth-order valence-corrected chi connectivity index (χ4v) is 2.46. The van der Waals surface area contributed by atoms with E-state index in [4.69, 9.17) is 5.73 Å². The third-order valence-electron chi connectivity index (χ3n) is 4.13. The zero-order valence-corrected chi connectivity index (χ0v) is 14.0. The van der Waals surface area contributed by atoms with Crippen LogP contribution in [0.5, 0.6) is 0 Å². The molecule has 3 N–H and O–H groups in total. The largest absolute Gasteiger partial charge is 0.354 e. The van der Waals surface area contributed by atoms with Crippen LogP contribution in [0.1, 0.15) is 25.8 Å². The molecule has 0 fully saturated rings. The van der Waals surface area contributed by atoms with Crippen molar-refractivity contribution in [3.8, 4) is 0 Å². The number of hydrogen-bond donors (Lipinski definition) is 2. The van der Waals surface area contributed by atoms with E-state index in [1.807, 2.05) is 26.0 Å². The van der Waals surface area contributed by atoms with E-state index in [1.165, 1.54) is 16.3 Å². The molecule has 0 aliphatic rings. The van der Waals surface area contributed by atoms with Crippen molar-refractivity contribution in [2.75, 3.05) is 6.54 Å². The minimum absolute atomic E-state index is 0. The first-order valence-electron chi connectivity index (χ1n) is 7.63. The van der Waals surface area contributed by atoms with Gasteiger partial charge in [0, 0.05) is 6.54 Å². The van der Waals surface area contributed by atoms with Crippen LogP contribution in [0.3, 0.4) is 0 Å². The second-order valence-electron chi connectivity index (χ2n) is 5.59. The Labute approximate surface area is 138 Å². The maximum absolute atomic E-state index is 12.0. The molecule has 2 unspecified atom stereocenters. The van der Waals surface area contributed by atoms with Crippen molar-refractivity contribution < 1.29 is 4.79 Å². The van der Waals surface area contributed by atoms with E-state index in [1.54, 1.807) is 0 Å². The SMILES string of the molecule is CCC(C)C(N)C(=O)NCCc1cccc2ccccc12.Cl. The average Bonchev–Trinajstić information content (AvgIpc) is 2.53. The third-order valence-corrected chi connectivity index (χ3v) is 4.13. The van der Waals surface area contributed by atoms with Gasteiger partial charge in [-0.3, -0.25) is 4.79 Å². The Morgan fingerprint density at radius 1 is 1.18 bits per heavy atom. The van der Waals surface area contributed by atoms with Crippen LogP contribution in [-0.2, 0) is 11.2 Å². The first-order chi connectivity index (χ1) is 10.1. The molecule has 3 nitrogen and oxygen atoms in total. The first-order valence-corrected chi connectivity index (χ1v) is 7.63. The van der Waals surface area contributed by atoms with Gasteiger partial charge in [-0.1, -0.05) is 62.7 Å². The molecule has 0 heterocycles. The number of rotatable bonds is 6. The second-order valence-corrected chi connectivity index (χ2v) is 5.59. The molecule has 0 bridgehead atoms. The van der Waals surface area contributed by atoms with E-state index in [-0.39, 0.29) is 24.2 Å². The number of amides is 1. The summed E-state index contributed by atoms with van der Waals surface area (Å²) in [4.78, 5) is 12.0. The van der Waals surface area contributed by atoms with Crippen molar-refractivity contribution in [1.82, 2.24) is 5.32 Å². The van der Waals surface area contributed by atoms with Gasteiger partial charge in [-0.2, -0.15) is 0 Å². The minimum Gasteiger partial charge on any atom is -0.354 e. The van der Waals surface area contributed by atoms with E-state index in [0.29, 0.717) is 6.54 Å². The average molecular weight is 321 g/mol. The van der Waals surface area contributed by atoms with Crippen molar-refractivity contribution in [1.29, 1.82) is 0 Å². The molecule has 0 aliphatic heterocycles. The predicted octanol–water partition coefficient (Wildman–Crippen LogP) is 3.29. The number of nitrogens with two attached hydrogens (primary N) is 1. The molecule has 0 spiro atoms. The van der Waals surface area contributed by atoms with Crippen LogP contribution < -0.4 is 11.1 Å². The van der Waals surface area contributed by atoms with Crippen LogP contribution in [0.25, 0.3) is 10.8 Å². The summed E-state index contributed by atoms with van der Waals surface area (Å²) in [5.74, 6) is 0.159. The monoisotopic (exact) mass is 320 g/mol. The lowest BCUT2D eigenvalue weighted by atomic mass is 9.99. The molecule has 2 atom stereocenters. The molecule has 2 aromatic rings. The van der Waals surface area contributed by atoms with E-state index in [0.717, 1.165) is 12.8 Å². The normalized spacial score (nSPS) is 13.2. The van der Waals surface area contributed by atoms with Crippen LogP contribution in [0.4, 0.5) is 0 Å². The van der Waals surface area contributed by atoms with Gasteiger partial charge in [0.15, 0.2) is 0 Å². The van der Waals surface area contributed by atoms with Crippen LogP contribution in [-0.4, -0.2) is 18.5 Å². The van der Waals surface area contributed by atoms with Crippen molar-refractivity contribution >= 4 is 29.1 Å². The van der Waals surface area contributed by atoms with E-state index in [9.17, 15) is 4.79 Å². The number of hydrogen-bond acceptors (Lipinski definition) is 2. The third kappa shape index (κ3) is 4.46. The molecule has 0 radical (unpaired) electrons. The summed E-state index contributed by atoms with van der Waals surface area (Å²) in [6.07, 6.45) is 1.73. The zero-order valence-electron chi connectivity index (χ0n) is 13.2. The molecule has 120 valence electrons. The lowest BCUT2D eigenvalue weighted by Gasteiger charge is -2.17. The fourth-order valence-electron chi connectivity index (χ4n) is 2.46. The molecular weight excluding hydrogens is 296 g/mol. The molecule has 0 aliphatic carbocycles. The number of carbonyl (C=O) groups is 1. The predicted molar refractivity (Wildman–Crippen MR) is 95.3 cm³/mol. The van der Waals surface area contributed by atoms with Gasteiger partial charge in [0.2, 0.25) is 5.91 Å². The van der Waals surface area contributed by atoms with Crippen LogP contribution in [0, 0.1) is 5.92 Å². The maximum atomic E-state index is 12.0. The molecule has 22 heavy (non-hydrogen) atoms. The van der Waals surface area contributed by atoms with Crippen LogP contribution in [0.2, 0.25) is 0 Å². The Morgan fingerprint density at radius 3 is 2.59 bits per heavy atom. The number of nitrogens with one attached hydrogen (secondary N) is 1. The number of fused-ring (bicyclic) bond motifs is 1. The fraction of sp³-hybridized carbons (Fsp3) is 0.389. The maximum Gasteiger partial charge on any atom is 0.237 e. The van der Waals surface area contributed by atoms with Gasteiger partial charge in [-0.05, 0) is 28.7 Å². The topological polar surface area (TPSA) is 55.1 Å². The van der Waals surface area contributed by atoms with Gasteiger partial charge in [0.1, 0.15) is 0 Å². The standard InChI is InChI=1S/C18H24N2O.ClH/c1-3-13(2)17(19)18(21)20-12-11-15-9-6-8-14-7-4-5-10-16(14)15;/h4-10,13,17H,3,11-12,19H2,1-2H3,(H,20,21);1H. The van der Waals surface area contributed by atoms with Gasteiger partial charge >= 0.3 is 0 Å². The smallest absolute Gasteiger partial charge is 0.237 e. The van der Waals surface area contributed by atoms with E-state index in [2.05, 4.69) is 35.6 Å². The van der Waals surface area contributed by atoms with Gasteiger partial charge in [-0.25, -0.2) is 0 Å². The lowest BCUT2D eigenvalue weighted by molar-refractivity contribution is -0.123. The van der Waals surface area contributed by atoms with Gasteiger partial charge in [0.05, 0.1) is 6.04 Å². The molecule has 0 saturated heterocycles. The Balaban J connectivity index is 0.00000242. The molecule has 2 rings (SSSR count). The summed E-state index contributed by atoms with van der Waals surface area (Å²) in [7, 11) is 0. The second kappa shape index (κ2) is 8.76. The summed E-state index contributed by atoms with van der Waals surface area (Å²) in [5.41, 5.74) is 7.18. The van der Waals surface area contributed by atoms with Crippen molar-refractivity contribution in [3.63, 3.8) is 0 Å². The number of carbonyl (C=O) groups excluding carboxylic acids is 1. The summed E-state index contributed by atoms with van der Waals surface area (Å²) in [6.45, 7) is 4.68. The van der Waals surface area contributed by atoms with Crippen LogP contribution in [0.15, 0.2) is 42.5 Å². The van der Waals surface area contributed by atoms with Crippen LogP contribution >= 0.6 is 12.4 Å². The summed E-state index contributed by atoms with van der Waals surface area (Å²) < 4.78 is 0. The van der Waals surface area contributed by atoms with E-state index >= 15 is 0 Å². The highest BCUT2D eigenvalue weighted by molar-refractivity contribution is 5.86. The van der Waals surface area contributed by atoms with Crippen molar-refractivity contribution in [3.05, 3.63) is 48.0 Å². The molecular formula is C18H25ClN2O. The highest BCUT2D eigenvalue weighted by Gasteiger charge is 2.18. The Bertz CT molecular complexity index is 610. The first kappa shape index (κ1) is 18.5. The highest BCUT2D eigenvalue weighted by atomic mass is 35.5. The highest BCUT2D eigenvalue weighted by Crippen LogP contribution is 2.18. The summed E-state index contributed by atoms with van der Waals surface area (Å²) >= 11 is 0. The van der Waals surface area contributed by atoms with Crippen molar-refractivity contribution in [2.24, 2.45) is 11.7 Å². The molecule has 0 aromatic heterocycles. The Morgan fingerprint density at radius 2 is 1.86 bits per heavy atom. The lowest BCUT2D eigenvalue weighted by Crippen LogP contribution is -2.45. The molecule has 4 heteroatoms. The van der Waals surface area contributed by atoms with Crippen molar-refractivity contribution in [2.45, 2.75) is 32.7 Å². The minimum atomic E-state index is -0.414. The van der Waals surface area contributed by atoms with Gasteiger partial charge in [-0.15, -0.1) is 12.4 Å². The summed E-state index contributed by atoms with van der Waals surface area (Å²) in [5, 5.41) is 5.43. The molecule has 0 saturated carbocycles. The van der Waals surface area contributed by atoms with Gasteiger partial charge in [0.25, 0.3) is 0 Å². The number of halogens is 1. The van der Waals surface area contributed by atoms with Gasteiger partial charge < -0.3 is 11.1 Å². The van der Waals surface area contributed by atoms with E-state index < -0.39 is 6.04 Å². The Kier molecular flexibility index (Phi) is 7.36.